The number of Topliss-reactive ketones (excluding diaryl/α,β-unsaturated/α-hetero) is 3. The van der Waals surface area contributed by atoms with Gasteiger partial charge in [0.05, 0.1) is 89.1 Å². The fourth-order valence-electron chi connectivity index (χ4n) is 23.1. The Bertz CT molecular complexity index is 6160. The van der Waals surface area contributed by atoms with Crippen LogP contribution < -0.4 is 45.0 Å². The number of hydrogen-bond acceptors (Lipinski definition) is 29. The van der Waals surface area contributed by atoms with Crippen LogP contribution in [-0.4, -0.2) is 133 Å². The Kier molecular flexibility index (Phi) is 24.1. The summed E-state index contributed by atoms with van der Waals surface area (Å²) >= 11 is 6.05. The second-order valence-corrected chi connectivity index (χ2v) is 37.2. The molecule has 15 atom stereocenters. The molecule has 20 rings (SSSR count). The highest BCUT2D eigenvalue weighted by Crippen LogP contribution is 2.59. The number of hydrogen-bond donors (Lipinski definition) is 5. The normalized spacial score (nSPS) is 27.4. The first-order valence-electron chi connectivity index (χ1n) is 48.6. The SMILES string of the molecule is COc1nc(Cl)nc2c1CC[C@@H]1[C@@H](C)C(=O)CC[C@@]21C.COc1nc(Nc2ccncc2)nc2c1CC[C@@H]1[C@@H](C)C(=O)CC[C@@]21C.COc1nc(Nc2ccncc2)nc2c1CC[C@@H]1[C@@H](C)c3oncc3C[C@@]21C.[3H][3H].[3H][3H].[3H][3H].[3H][3H].[C-]#[N+]C1=C(O)[C@H](C)[C@H]2CCc3c(OC)nc(Nc4ccncc4)nc3[C@]2(C)C1.[C-]#[N+]C1=C[C@@]2(C)c3nc(Nc4ccncc4)nc(OC)c3CC[C@@H]2[C@@H](C)C1=O. The van der Waals surface area contributed by atoms with Gasteiger partial charge >= 0.3 is 0 Å². The van der Waals surface area contributed by atoms with Gasteiger partial charge in [0.25, 0.3) is 0 Å². The van der Waals surface area contributed by atoms with Crippen molar-refractivity contribution in [1.82, 2.24) is 74.9 Å². The number of allylic oxidation sites excluding steroid dienone is 4. The second kappa shape index (κ2) is 36.8. The molecule has 10 aromatic heterocycles. The molecule has 2 fully saturated rings. The van der Waals surface area contributed by atoms with E-state index in [0.29, 0.717) is 113 Å². The summed E-state index contributed by atoms with van der Waals surface area (Å²) in [5.41, 5.74) is 14.1. The van der Waals surface area contributed by atoms with Gasteiger partial charge in [0.15, 0.2) is 5.78 Å². The molecule has 130 heavy (non-hydrogen) atoms. The summed E-state index contributed by atoms with van der Waals surface area (Å²) in [6, 6.07) is 14.9. The molecule has 10 heterocycles. The average molecular weight is 1800 g/mol. The fourth-order valence-corrected chi connectivity index (χ4v) is 23.3. The van der Waals surface area contributed by atoms with Gasteiger partial charge in [-0.15, -0.1) is 0 Å². The van der Waals surface area contributed by atoms with E-state index in [2.05, 4.69) is 141 Å². The zero-order valence-electron chi connectivity index (χ0n) is 84.1. The molecule has 0 bridgehead atoms. The van der Waals surface area contributed by atoms with Crippen LogP contribution in [0.3, 0.4) is 0 Å². The van der Waals surface area contributed by atoms with Gasteiger partial charge in [-0.25, -0.2) is 34.6 Å². The first kappa shape index (κ1) is 85.1. The van der Waals surface area contributed by atoms with Crippen LogP contribution in [0.15, 0.2) is 132 Å². The number of halogens is 1. The van der Waals surface area contributed by atoms with Crippen LogP contribution in [0.2, 0.25) is 5.28 Å². The maximum atomic E-state index is 12.5. The van der Waals surface area contributed by atoms with Crippen LogP contribution in [0, 0.1) is 66.4 Å². The van der Waals surface area contributed by atoms with Gasteiger partial charge in [0, 0.05) is 187 Å². The smallest absolute Gasteiger partial charge is 0.230 e. The summed E-state index contributed by atoms with van der Waals surface area (Å²) in [5.74, 6) is 8.48. The van der Waals surface area contributed by atoms with Crippen LogP contribution in [0.4, 0.5) is 46.5 Å². The highest BCUT2D eigenvalue weighted by atomic mass is 35.5. The summed E-state index contributed by atoms with van der Waals surface area (Å²) in [6.45, 7) is 36.2. The molecule has 0 saturated heterocycles. The van der Waals surface area contributed by atoms with E-state index in [9.17, 15) is 19.5 Å². The molecule has 0 radical (unpaired) electrons. The van der Waals surface area contributed by atoms with Crippen molar-refractivity contribution in [2.75, 3.05) is 56.8 Å². The first-order valence-corrected chi connectivity index (χ1v) is 45.0. The van der Waals surface area contributed by atoms with Crippen molar-refractivity contribution in [3.63, 3.8) is 0 Å². The first-order chi connectivity index (χ1) is 66.5. The minimum Gasteiger partial charge on any atom is -0.523 e. The molecule has 0 amide bonds. The third-order valence-corrected chi connectivity index (χ3v) is 30.0. The molecule has 2 saturated carbocycles. The zero-order valence-corrected chi connectivity index (χ0v) is 76.8. The van der Waals surface area contributed by atoms with Crippen molar-refractivity contribution < 1.29 is 59.6 Å². The topological polar surface area (TPSA) is 381 Å². The number of pyridine rings is 4. The van der Waals surface area contributed by atoms with Crippen molar-refractivity contribution in [3.8, 4) is 29.4 Å². The minimum atomic E-state index is -0.522. The highest BCUT2D eigenvalue weighted by molar-refractivity contribution is 6.28. The number of anilines is 8. The average Bonchev–Trinajstić information content (AvgIpc) is 1.04. The van der Waals surface area contributed by atoms with Crippen molar-refractivity contribution in [2.45, 2.75) is 205 Å². The largest absolute Gasteiger partial charge is 0.523 e. The fraction of sp³-hybridized carbons (Fsp3) is 0.469. The molecule has 10 aliphatic carbocycles. The van der Waals surface area contributed by atoms with Gasteiger partial charge in [-0.2, -0.15) is 24.9 Å². The summed E-state index contributed by atoms with van der Waals surface area (Å²) < 4.78 is 73.3. The number of carbonyl (C=O) groups is 3. The van der Waals surface area contributed by atoms with E-state index in [0.717, 1.165) is 168 Å². The Morgan fingerprint density at radius 1 is 0.431 bits per heavy atom. The summed E-state index contributed by atoms with van der Waals surface area (Å²) in [5, 5.41) is 27.7. The molecule has 0 unspecified atom stereocenters. The predicted octanol–water partition coefficient (Wildman–Crippen LogP) is 18.8. The van der Waals surface area contributed by atoms with Gasteiger partial charge in [0.2, 0.25) is 69.9 Å². The lowest BCUT2D eigenvalue weighted by Crippen LogP contribution is -2.47. The van der Waals surface area contributed by atoms with Gasteiger partial charge in [-0.05, 0) is 180 Å². The van der Waals surface area contributed by atoms with Crippen LogP contribution in [0.1, 0.15) is 219 Å². The lowest BCUT2D eigenvalue weighted by molar-refractivity contribution is -0.129. The lowest BCUT2D eigenvalue weighted by atomic mass is 9.56. The lowest BCUT2D eigenvalue weighted by Gasteiger charge is -2.48. The highest BCUT2D eigenvalue weighted by Gasteiger charge is 2.56. The van der Waals surface area contributed by atoms with Crippen molar-refractivity contribution >= 4 is 75.5 Å². The van der Waals surface area contributed by atoms with Crippen molar-refractivity contribution in [3.05, 3.63) is 223 Å². The van der Waals surface area contributed by atoms with E-state index in [-0.39, 0.29) is 79.7 Å². The molecular weight excluding hydrogens is 1670 g/mol. The number of ether oxygens (including phenoxy) is 5. The Hall–Kier alpha value is -13.0. The molecule has 682 valence electrons. The van der Waals surface area contributed by atoms with E-state index in [1.807, 2.05) is 68.6 Å². The Morgan fingerprint density at radius 2 is 0.769 bits per heavy atom. The van der Waals surface area contributed by atoms with Crippen LogP contribution in [0.5, 0.6) is 29.4 Å². The number of ketones is 3. The number of carbonyl (C=O) groups excluding carboxylic acids is 3. The minimum absolute atomic E-state index is 0.0721. The van der Waals surface area contributed by atoms with Crippen LogP contribution in [-0.2, 0) is 80.0 Å². The Balaban J connectivity index is 0.000000152. The maximum Gasteiger partial charge on any atom is 0.230 e. The monoisotopic (exact) mass is 1800 g/mol. The van der Waals surface area contributed by atoms with E-state index < -0.39 is 5.41 Å². The molecular formula is C98H118ClN21O10. The number of fused-ring (bicyclic) bond motifs is 16. The van der Waals surface area contributed by atoms with Gasteiger partial charge in [-0.1, -0.05) is 80.5 Å². The van der Waals surface area contributed by atoms with E-state index in [1.165, 1.54) is 5.56 Å². The van der Waals surface area contributed by atoms with Gasteiger partial charge in [-0.3, -0.25) is 29.5 Å². The van der Waals surface area contributed by atoms with E-state index >= 15 is 0 Å². The van der Waals surface area contributed by atoms with Gasteiger partial charge < -0.3 is 59.4 Å². The molecule has 0 aromatic carbocycles. The zero-order chi connectivity index (χ0) is 99.9. The number of nitrogens with one attached hydrogen (secondary N) is 4. The Labute approximate surface area is 774 Å². The molecule has 32 heteroatoms. The summed E-state index contributed by atoms with van der Waals surface area (Å²) in [7, 11) is 8.16. The standard InChI is InChI=1S/2C21H23N5O2.C21H21N5O2.C20H24N4O2.C15H19ClN2O2.4H2/c1-12-16-5-4-15-18(21(16,2)10-13-11-23-28-17(12)13)25-20(26-19(15)27-3)24-14-6-8-22-9-7-14;2*1-12-15-6-5-14-18(21(15,2)11-16(22-3)17(12)27)25-20(26-19(14)28-4)24-13-7-9-23-10-8-13;1-12-15-5-4-14-17(20(15,2)9-6-16(12)25)23-19(24-18(14)26-3)22-13-7-10-21-11-8-13;1-8-10-5-4-9-12(15(10,2)7-6-11(8)19)17-14(16)18-13(9)20-3;;;;/h6-9,11-12,16H,4-5,10H2,1-3H3,(H,22,24,25,26);7-10,12,15,27H,5-6,11H2,1-2,4H3,(H,23,24,25,26);7-12,15H,5-6H2,1-2,4H3,(H,23,24,25,26);7-8,10-12,15H,4-6,9H2,1-3H3,(H,21,22,23,24);8,10H,4-7H2,1-3H3;4*1H/t12-,16-,21-;2*12-,15-,21-;12-,15-,20-;8-,10-,15-;;;;/m11111..../s1/i;;;;;4*1+2T. The number of rotatable bonds is 13. The number of nitrogens with zero attached hydrogens (tertiary/aromatic N) is 17. The van der Waals surface area contributed by atoms with Crippen molar-refractivity contribution in [2.24, 2.45) is 53.3 Å². The maximum absolute atomic E-state index is 12.5. The number of methoxy groups -OCH3 is 5. The van der Waals surface area contributed by atoms with Gasteiger partial charge in [0.1, 0.15) is 17.3 Å². The summed E-state index contributed by atoms with van der Waals surface area (Å²) in [6.07, 6.45) is 30.5. The molecule has 0 spiro atoms. The van der Waals surface area contributed by atoms with E-state index in [1.54, 1.807) is 91.2 Å². The summed E-state index contributed by atoms with van der Waals surface area (Å²) in [4.78, 5) is 107. The quantitative estimate of drug-likeness (QED) is 0.0528. The van der Waals surface area contributed by atoms with Crippen LogP contribution in [0.25, 0.3) is 9.69 Å². The number of aliphatic hydroxyl groups excluding tert-OH is 1. The van der Waals surface area contributed by atoms with Crippen LogP contribution >= 0.6 is 11.6 Å². The van der Waals surface area contributed by atoms with Crippen molar-refractivity contribution in [1.29, 1.82) is 0 Å². The van der Waals surface area contributed by atoms with E-state index in [4.69, 9.17) is 84.8 Å². The molecule has 0 aliphatic heterocycles. The molecule has 31 nitrogen and oxygen atoms in total. The molecule has 5 N–H and O–H groups in total. The molecule has 10 aliphatic rings. The predicted molar refractivity (Wildman–Crippen MR) is 497 cm³/mol. The number of aromatic nitrogens is 15. The third-order valence-electron chi connectivity index (χ3n) is 29.9. The second-order valence-electron chi connectivity index (χ2n) is 36.9. The number of aliphatic hydroxyl groups is 1. The third kappa shape index (κ3) is 16.7. The molecule has 10 aromatic rings. The Morgan fingerprint density at radius 3 is 1.15 bits per heavy atom.